The van der Waals surface area contributed by atoms with Crippen molar-refractivity contribution in [1.82, 2.24) is 10.6 Å². The number of rotatable bonds is 2. The number of hydrogen-bond acceptors (Lipinski definition) is 2. The van der Waals surface area contributed by atoms with Gasteiger partial charge in [0.1, 0.15) is 0 Å². The third-order valence-electron chi connectivity index (χ3n) is 6.47. The van der Waals surface area contributed by atoms with Crippen LogP contribution in [0, 0.1) is 17.8 Å². The van der Waals surface area contributed by atoms with E-state index in [4.69, 9.17) is 5.73 Å². The Morgan fingerprint density at radius 2 is 1.57 bits per heavy atom. The van der Waals surface area contributed by atoms with Gasteiger partial charge in [0.2, 0.25) is 0 Å². The molecule has 5 aliphatic rings. The smallest absolute Gasteiger partial charge is 0.315 e. The minimum absolute atomic E-state index is 0.0658. The van der Waals surface area contributed by atoms with Gasteiger partial charge in [0.15, 0.2) is 0 Å². The van der Waals surface area contributed by atoms with Crippen LogP contribution in [0.2, 0.25) is 0 Å². The van der Waals surface area contributed by atoms with Crippen LogP contribution in [0.5, 0.6) is 0 Å². The van der Waals surface area contributed by atoms with Crippen LogP contribution in [-0.2, 0) is 0 Å². The summed E-state index contributed by atoms with van der Waals surface area (Å²) in [5.74, 6) is 2.62. The van der Waals surface area contributed by atoms with Crippen LogP contribution in [0.15, 0.2) is 0 Å². The van der Waals surface area contributed by atoms with Crippen molar-refractivity contribution in [1.29, 1.82) is 0 Å². The van der Waals surface area contributed by atoms with E-state index in [1.165, 1.54) is 38.5 Å². The lowest BCUT2D eigenvalue weighted by molar-refractivity contribution is -0.0137. The van der Waals surface area contributed by atoms with Crippen molar-refractivity contribution in [3.05, 3.63) is 0 Å². The third kappa shape index (κ3) is 2.79. The van der Waals surface area contributed by atoms with Gasteiger partial charge in [0.05, 0.1) is 0 Å². The Morgan fingerprint density at radius 3 is 2.14 bits per heavy atom. The van der Waals surface area contributed by atoms with Gasteiger partial charge < -0.3 is 16.4 Å². The Labute approximate surface area is 127 Å². The topological polar surface area (TPSA) is 67.1 Å². The Hall–Kier alpha value is -0.770. The minimum atomic E-state index is 0.0658. The fourth-order valence-electron chi connectivity index (χ4n) is 6.08. The number of amides is 2. The van der Waals surface area contributed by atoms with E-state index >= 15 is 0 Å². The molecule has 0 aromatic heterocycles. The summed E-state index contributed by atoms with van der Waals surface area (Å²) in [6, 6.07) is 0.613. The fourth-order valence-corrected chi connectivity index (χ4v) is 6.08. The maximum absolute atomic E-state index is 12.4. The Balaban J connectivity index is 1.36. The molecule has 4 N–H and O–H groups in total. The van der Waals surface area contributed by atoms with Crippen LogP contribution >= 0.6 is 0 Å². The molecule has 0 heterocycles. The molecule has 0 saturated heterocycles. The predicted molar refractivity (Wildman–Crippen MR) is 82.8 cm³/mol. The van der Waals surface area contributed by atoms with Crippen molar-refractivity contribution >= 4 is 6.03 Å². The van der Waals surface area contributed by atoms with E-state index in [2.05, 4.69) is 10.6 Å². The van der Waals surface area contributed by atoms with E-state index in [9.17, 15) is 4.79 Å². The maximum Gasteiger partial charge on any atom is 0.315 e. The number of hydrogen-bond donors (Lipinski definition) is 3. The lowest BCUT2D eigenvalue weighted by Gasteiger charge is -2.56. The molecule has 5 rings (SSSR count). The molecule has 0 radical (unpaired) electrons. The van der Waals surface area contributed by atoms with Gasteiger partial charge in [-0.15, -0.1) is 0 Å². The molecule has 5 saturated carbocycles. The monoisotopic (exact) mass is 291 g/mol. The first-order valence-electron chi connectivity index (χ1n) is 8.94. The number of carbonyl (C=O) groups excluding carboxylic acids is 1. The fraction of sp³-hybridized carbons (Fsp3) is 0.941. The zero-order valence-electron chi connectivity index (χ0n) is 12.9. The molecule has 0 aliphatic heterocycles. The van der Waals surface area contributed by atoms with Crippen molar-refractivity contribution in [3.8, 4) is 0 Å². The minimum Gasteiger partial charge on any atom is -0.335 e. The highest BCUT2D eigenvalue weighted by Gasteiger charge is 2.51. The number of carbonyl (C=O) groups is 1. The Kier molecular flexibility index (Phi) is 3.40. The van der Waals surface area contributed by atoms with E-state index in [1.807, 2.05) is 0 Å². The van der Waals surface area contributed by atoms with Crippen molar-refractivity contribution in [3.63, 3.8) is 0 Å². The molecule has 21 heavy (non-hydrogen) atoms. The normalized spacial score (nSPS) is 48.1. The van der Waals surface area contributed by atoms with Crippen LogP contribution in [-0.4, -0.2) is 23.7 Å². The Morgan fingerprint density at radius 1 is 0.952 bits per heavy atom. The molecule has 118 valence electrons. The average Bonchev–Trinajstić information content (AvgIpc) is 2.35. The van der Waals surface area contributed by atoms with Crippen LogP contribution in [0.3, 0.4) is 0 Å². The molecular formula is C17H29N3O. The summed E-state index contributed by atoms with van der Waals surface area (Å²) in [4.78, 5) is 12.4. The second-order valence-electron chi connectivity index (χ2n) is 8.42. The van der Waals surface area contributed by atoms with Gasteiger partial charge in [0.25, 0.3) is 0 Å². The summed E-state index contributed by atoms with van der Waals surface area (Å²) in [7, 11) is 0. The summed E-state index contributed by atoms with van der Waals surface area (Å²) >= 11 is 0. The van der Waals surface area contributed by atoms with Gasteiger partial charge >= 0.3 is 6.03 Å². The maximum atomic E-state index is 12.4. The van der Waals surface area contributed by atoms with Crippen LogP contribution < -0.4 is 16.4 Å². The summed E-state index contributed by atoms with van der Waals surface area (Å²) in [5, 5.41) is 6.59. The largest absolute Gasteiger partial charge is 0.335 e. The van der Waals surface area contributed by atoms with Crippen LogP contribution in [0.1, 0.15) is 64.2 Å². The molecule has 4 heteroatoms. The summed E-state index contributed by atoms with van der Waals surface area (Å²) in [6.07, 6.45) is 12.2. The zero-order chi connectivity index (χ0) is 14.4. The van der Waals surface area contributed by atoms with Crippen molar-refractivity contribution < 1.29 is 4.79 Å². The number of nitrogens with one attached hydrogen (secondary N) is 2. The molecule has 0 aromatic rings. The third-order valence-corrected chi connectivity index (χ3v) is 6.47. The molecule has 4 nitrogen and oxygen atoms in total. The molecule has 0 unspecified atom stereocenters. The predicted octanol–water partition coefficient (Wildman–Crippen LogP) is 2.52. The van der Waals surface area contributed by atoms with E-state index in [1.54, 1.807) is 0 Å². The van der Waals surface area contributed by atoms with Crippen LogP contribution in [0.25, 0.3) is 0 Å². The average molecular weight is 291 g/mol. The molecule has 0 spiro atoms. The molecular weight excluding hydrogens is 262 g/mol. The Bertz CT molecular complexity index is 387. The second kappa shape index (κ2) is 5.15. The highest BCUT2D eigenvalue weighted by Crippen LogP contribution is 2.55. The summed E-state index contributed by atoms with van der Waals surface area (Å²) in [6.45, 7) is 0. The SMILES string of the molecule is N[C@@H]1CCC[C@@H](NC(=O)NC23CC4CC(CC(C4)C2)C3)C1. The van der Waals surface area contributed by atoms with E-state index in [0.717, 1.165) is 43.4 Å². The summed E-state index contributed by atoms with van der Waals surface area (Å²) in [5.41, 5.74) is 6.14. The first-order chi connectivity index (χ1) is 10.1. The van der Waals surface area contributed by atoms with Gasteiger partial charge in [0, 0.05) is 17.6 Å². The molecule has 5 aliphatic carbocycles. The van der Waals surface area contributed by atoms with Crippen molar-refractivity contribution in [2.75, 3.05) is 0 Å². The van der Waals surface area contributed by atoms with E-state index < -0.39 is 0 Å². The zero-order valence-corrected chi connectivity index (χ0v) is 12.9. The van der Waals surface area contributed by atoms with Gasteiger partial charge in [-0.05, 0) is 82.0 Å². The van der Waals surface area contributed by atoms with Gasteiger partial charge in [-0.25, -0.2) is 4.79 Å². The molecule has 0 aromatic carbocycles. The highest BCUT2D eigenvalue weighted by atomic mass is 16.2. The quantitative estimate of drug-likeness (QED) is 0.732. The van der Waals surface area contributed by atoms with E-state index in [0.29, 0.717) is 0 Å². The van der Waals surface area contributed by atoms with E-state index in [-0.39, 0.29) is 23.7 Å². The number of nitrogens with two attached hydrogens (primary N) is 1. The summed E-state index contributed by atoms with van der Waals surface area (Å²) < 4.78 is 0. The van der Waals surface area contributed by atoms with Gasteiger partial charge in [-0.2, -0.15) is 0 Å². The second-order valence-corrected chi connectivity index (χ2v) is 8.42. The molecule has 2 amide bonds. The number of urea groups is 1. The first-order valence-corrected chi connectivity index (χ1v) is 8.94. The molecule has 4 bridgehead atoms. The van der Waals surface area contributed by atoms with Crippen LogP contribution in [0.4, 0.5) is 4.79 Å². The highest BCUT2D eigenvalue weighted by molar-refractivity contribution is 5.75. The molecule has 5 fully saturated rings. The first kappa shape index (κ1) is 13.9. The van der Waals surface area contributed by atoms with Crippen molar-refractivity contribution in [2.45, 2.75) is 81.8 Å². The van der Waals surface area contributed by atoms with Gasteiger partial charge in [-0.1, -0.05) is 0 Å². The lowest BCUT2D eigenvalue weighted by Crippen LogP contribution is -2.62. The lowest BCUT2D eigenvalue weighted by atomic mass is 9.53. The molecule has 2 atom stereocenters. The standard InChI is InChI=1S/C17H29N3O/c18-14-2-1-3-15(7-14)19-16(21)20-17-8-11-4-12(9-17)6-13(5-11)10-17/h11-15H,1-10,18H2,(H2,19,20,21)/t11?,12?,13?,14-,15-,17?/m1/s1. The van der Waals surface area contributed by atoms with Gasteiger partial charge in [-0.3, -0.25) is 0 Å². The van der Waals surface area contributed by atoms with Crippen molar-refractivity contribution in [2.24, 2.45) is 23.5 Å².